The summed E-state index contributed by atoms with van der Waals surface area (Å²) in [5.74, 6) is -0.368. The predicted molar refractivity (Wildman–Crippen MR) is 101 cm³/mol. The van der Waals surface area contributed by atoms with Crippen molar-refractivity contribution in [3.8, 4) is 0 Å². The zero-order valence-electron chi connectivity index (χ0n) is 15.9. The van der Waals surface area contributed by atoms with E-state index in [0.717, 1.165) is 18.7 Å². The molecule has 0 aromatic heterocycles. The molecule has 1 aliphatic rings. The molecule has 1 fully saturated rings. The fourth-order valence-electron chi connectivity index (χ4n) is 3.20. The molecule has 1 aromatic carbocycles. The van der Waals surface area contributed by atoms with E-state index >= 15 is 0 Å². The molecule has 1 aliphatic heterocycles. The Morgan fingerprint density at radius 3 is 2.52 bits per heavy atom. The van der Waals surface area contributed by atoms with Gasteiger partial charge < -0.3 is 10.6 Å². The van der Waals surface area contributed by atoms with E-state index < -0.39 is 6.04 Å². The topological polar surface area (TPSA) is 61.4 Å². The van der Waals surface area contributed by atoms with E-state index in [0.29, 0.717) is 12.1 Å². The first-order chi connectivity index (χ1) is 11.8. The first-order valence-corrected chi connectivity index (χ1v) is 9.20. The van der Waals surface area contributed by atoms with Crippen molar-refractivity contribution >= 4 is 11.8 Å². The van der Waals surface area contributed by atoms with Crippen molar-refractivity contribution in [2.75, 3.05) is 19.6 Å². The van der Waals surface area contributed by atoms with Gasteiger partial charge in [-0.05, 0) is 65.8 Å². The van der Waals surface area contributed by atoms with Gasteiger partial charge in [0.25, 0.3) is 5.91 Å². The van der Waals surface area contributed by atoms with Crippen LogP contribution in [0.3, 0.4) is 0 Å². The number of aryl methyl sites for hydroxylation is 1. The Morgan fingerprint density at radius 2 is 1.88 bits per heavy atom. The van der Waals surface area contributed by atoms with Gasteiger partial charge in [-0.2, -0.15) is 0 Å². The van der Waals surface area contributed by atoms with Crippen molar-refractivity contribution in [2.45, 2.75) is 58.5 Å². The molecule has 1 aromatic rings. The van der Waals surface area contributed by atoms with Gasteiger partial charge in [0.15, 0.2) is 0 Å². The summed E-state index contributed by atoms with van der Waals surface area (Å²) in [6.07, 6.45) is 3.74. The number of hydrogen-bond acceptors (Lipinski definition) is 3. The third kappa shape index (κ3) is 5.56. The number of amides is 2. The van der Waals surface area contributed by atoms with Crippen LogP contribution in [0.2, 0.25) is 0 Å². The first-order valence-electron chi connectivity index (χ1n) is 9.20. The molecule has 1 atom stereocenters. The van der Waals surface area contributed by atoms with Crippen molar-refractivity contribution in [3.05, 3.63) is 35.4 Å². The molecule has 0 spiro atoms. The number of nitrogens with zero attached hydrogens (tertiary/aromatic N) is 1. The summed E-state index contributed by atoms with van der Waals surface area (Å²) in [5, 5.41) is 5.77. The Hall–Kier alpha value is -1.88. The molecule has 5 nitrogen and oxygen atoms in total. The van der Waals surface area contributed by atoms with Gasteiger partial charge in [0, 0.05) is 17.6 Å². The van der Waals surface area contributed by atoms with Crippen molar-refractivity contribution in [2.24, 2.45) is 0 Å². The number of hydrogen-bond donors (Lipinski definition) is 2. The minimum atomic E-state index is -0.565. The Kier molecular flexibility index (Phi) is 6.59. The summed E-state index contributed by atoms with van der Waals surface area (Å²) in [6, 6.07) is 6.79. The second-order valence-corrected chi connectivity index (χ2v) is 7.64. The zero-order valence-corrected chi connectivity index (χ0v) is 15.9. The molecule has 0 radical (unpaired) electrons. The molecule has 0 saturated carbocycles. The van der Waals surface area contributed by atoms with Crippen LogP contribution >= 0.6 is 0 Å². The molecule has 25 heavy (non-hydrogen) atoms. The number of likely N-dealkylation sites (tertiary alicyclic amines) is 1. The van der Waals surface area contributed by atoms with Crippen molar-refractivity contribution < 1.29 is 9.59 Å². The Balaban J connectivity index is 1.84. The fraction of sp³-hybridized carbons (Fsp3) is 0.600. The average Bonchev–Trinajstić information content (AvgIpc) is 2.60. The van der Waals surface area contributed by atoms with Gasteiger partial charge >= 0.3 is 0 Å². The Labute approximate surface area is 151 Å². The molecule has 0 aliphatic carbocycles. The van der Waals surface area contributed by atoms with Gasteiger partial charge in [-0.25, -0.2) is 0 Å². The second kappa shape index (κ2) is 8.48. The van der Waals surface area contributed by atoms with Gasteiger partial charge in [-0.3, -0.25) is 14.5 Å². The van der Waals surface area contributed by atoms with Crippen molar-refractivity contribution in [1.82, 2.24) is 15.5 Å². The Bertz CT molecular complexity index is 607. The van der Waals surface area contributed by atoms with Crippen LogP contribution in [0, 0.1) is 6.92 Å². The van der Waals surface area contributed by atoms with E-state index in [2.05, 4.69) is 29.4 Å². The van der Waals surface area contributed by atoms with Crippen LogP contribution in [0.4, 0.5) is 0 Å². The molecule has 138 valence electrons. The largest absolute Gasteiger partial charge is 0.352 e. The lowest BCUT2D eigenvalue weighted by Crippen LogP contribution is -2.55. The van der Waals surface area contributed by atoms with Crippen LogP contribution in [0.25, 0.3) is 0 Å². The van der Waals surface area contributed by atoms with Crippen molar-refractivity contribution in [1.29, 1.82) is 0 Å². The summed E-state index contributed by atoms with van der Waals surface area (Å²) in [6.45, 7) is 10.7. The number of carbonyl (C=O) groups excluding carboxylic acids is 2. The van der Waals surface area contributed by atoms with Crippen LogP contribution in [0.5, 0.6) is 0 Å². The summed E-state index contributed by atoms with van der Waals surface area (Å²) in [4.78, 5) is 27.1. The number of rotatable bonds is 6. The highest BCUT2D eigenvalue weighted by Crippen LogP contribution is 2.19. The van der Waals surface area contributed by atoms with E-state index in [-0.39, 0.29) is 17.4 Å². The average molecular weight is 345 g/mol. The highest BCUT2D eigenvalue weighted by atomic mass is 16.2. The van der Waals surface area contributed by atoms with Gasteiger partial charge in [-0.15, -0.1) is 0 Å². The van der Waals surface area contributed by atoms with E-state index in [1.807, 2.05) is 25.1 Å². The van der Waals surface area contributed by atoms with Crippen LogP contribution in [0.1, 0.15) is 56.0 Å². The molecule has 5 heteroatoms. The summed E-state index contributed by atoms with van der Waals surface area (Å²) >= 11 is 0. The monoisotopic (exact) mass is 345 g/mol. The van der Waals surface area contributed by atoms with Crippen LogP contribution in [-0.2, 0) is 4.79 Å². The molecule has 2 amide bonds. The molecule has 1 unspecified atom stereocenters. The van der Waals surface area contributed by atoms with Gasteiger partial charge in [0.05, 0.1) is 0 Å². The predicted octanol–water partition coefficient (Wildman–Crippen LogP) is 2.49. The maximum atomic E-state index is 12.4. The minimum absolute atomic E-state index is 0.0731. The second-order valence-electron chi connectivity index (χ2n) is 7.64. The molecule has 0 bridgehead atoms. The SMILES string of the molecule is Cc1cccc(C(=O)NC(C)C(=O)NCC(C)(C)N2CCCCC2)c1. The Morgan fingerprint density at radius 1 is 1.20 bits per heavy atom. The first kappa shape index (κ1) is 19.4. The van der Waals surface area contributed by atoms with Crippen LogP contribution in [0.15, 0.2) is 24.3 Å². The van der Waals surface area contributed by atoms with Crippen molar-refractivity contribution in [3.63, 3.8) is 0 Å². The number of piperidine rings is 1. The molecular weight excluding hydrogens is 314 g/mol. The van der Waals surface area contributed by atoms with Gasteiger partial charge in [-0.1, -0.05) is 24.1 Å². The number of nitrogens with one attached hydrogen (secondary N) is 2. The fourth-order valence-corrected chi connectivity index (χ4v) is 3.20. The van der Waals surface area contributed by atoms with E-state index in [1.54, 1.807) is 13.0 Å². The number of benzene rings is 1. The highest BCUT2D eigenvalue weighted by molar-refractivity contribution is 5.97. The summed E-state index contributed by atoms with van der Waals surface area (Å²) in [7, 11) is 0. The highest BCUT2D eigenvalue weighted by Gasteiger charge is 2.29. The number of carbonyl (C=O) groups is 2. The molecule has 1 saturated heterocycles. The smallest absolute Gasteiger partial charge is 0.251 e. The minimum Gasteiger partial charge on any atom is -0.352 e. The van der Waals surface area contributed by atoms with Crippen LogP contribution in [-0.4, -0.2) is 47.9 Å². The normalized spacial score (nSPS) is 17.0. The quantitative estimate of drug-likeness (QED) is 0.833. The third-order valence-corrected chi connectivity index (χ3v) is 4.93. The summed E-state index contributed by atoms with van der Waals surface area (Å²) < 4.78 is 0. The molecule has 2 rings (SSSR count). The van der Waals surface area contributed by atoms with E-state index in [4.69, 9.17) is 0 Å². The molecule has 1 heterocycles. The summed E-state index contributed by atoms with van der Waals surface area (Å²) in [5.41, 5.74) is 1.53. The molecular formula is C20H31N3O2. The zero-order chi connectivity index (χ0) is 18.4. The van der Waals surface area contributed by atoms with Gasteiger partial charge in [0.2, 0.25) is 5.91 Å². The lowest BCUT2D eigenvalue weighted by Gasteiger charge is -2.41. The van der Waals surface area contributed by atoms with Crippen LogP contribution < -0.4 is 10.6 Å². The third-order valence-electron chi connectivity index (χ3n) is 4.93. The van der Waals surface area contributed by atoms with E-state index in [1.165, 1.54) is 19.3 Å². The standard InChI is InChI=1S/C20H31N3O2/c1-15-9-8-10-17(13-15)19(25)22-16(2)18(24)21-14-20(3,4)23-11-6-5-7-12-23/h8-10,13,16H,5-7,11-12,14H2,1-4H3,(H,21,24)(H,22,25). The van der Waals surface area contributed by atoms with Gasteiger partial charge in [0.1, 0.15) is 6.04 Å². The maximum Gasteiger partial charge on any atom is 0.251 e. The molecule has 2 N–H and O–H groups in total. The maximum absolute atomic E-state index is 12.4. The lowest BCUT2D eigenvalue weighted by molar-refractivity contribution is -0.123. The lowest BCUT2D eigenvalue weighted by atomic mass is 9.98. The van der Waals surface area contributed by atoms with E-state index in [9.17, 15) is 9.59 Å².